The molecule has 1 aromatic carbocycles. The number of nitrogens with zero attached hydrogens (tertiary/aromatic N) is 3. The maximum absolute atomic E-state index is 13.8. The van der Waals surface area contributed by atoms with E-state index in [0.29, 0.717) is 13.1 Å². The number of alkyl halides is 2. The largest absolute Gasteiger partial charge is 0.481 e. The normalized spacial score (nSPS) is 16.9. The fraction of sp³-hybridized carbons (Fsp3) is 0.522. The molecule has 2 heterocycles. The number of ether oxygens (including phenoxy) is 1. The minimum absolute atomic E-state index is 0.0472. The second kappa shape index (κ2) is 11.3. The minimum atomic E-state index is -3.10. The van der Waals surface area contributed by atoms with Gasteiger partial charge in [0.1, 0.15) is 5.54 Å². The predicted molar refractivity (Wildman–Crippen MR) is 125 cm³/mol. The van der Waals surface area contributed by atoms with Gasteiger partial charge in [0.2, 0.25) is 0 Å². The van der Waals surface area contributed by atoms with Gasteiger partial charge in [0.05, 0.1) is 18.2 Å². The third-order valence-electron chi connectivity index (χ3n) is 6.23. The van der Waals surface area contributed by atoms with Crippen LogP contribution in [0, 0.1) is 5.92 Å². The van der Waals surface area contributed by atoms with Gasteiger partial charge in [-0.15, -0.1) is 0 Å². The molecule has 1 atom stereocenters. The molecule has 0 aliphatic carbocycles. The van der Waals surface area contributed by atoms with Crippen molar-refractivity contribution in [2.24, 2.45) is 5.92 Å². The van der Waals surface area contributed by atoms with Crippen LogP contribution in [0.2, 0.25) is 5.02 Å². The van der Waals surface area contributed by atoms with Crippen LogP contribution in [0.5, 0.6) is 5.75 Å². The maximum atomic E-state index is 13.8. The average molecular weight is 515 g/mol. The first-order chi connectivity index (χ1) is 16.6. The highest BCUT2D eigenvalue weighted by Gasteiger charge is 2.45. The van der Waals surface area contributed by atoms with Gasteiger partial charge in [0.25, 0.3) is 5.91 Å². The third kappa shape index (κ3) is 6.09. The lowest BCUT2D eigenvalue weighted by molar-refractivity contribution is -0.144. The van der Waals surface area contributed by atoms with E-state index in [0.717, 1.165) is 5.69 Å². The number of carboxylic acid groups (broad SMARTS) is 1. The van der Waals surface area contributed by atoms with E-state index in [4.69, 9.17) is 11.6 Å². The Kier molecular flexibility index (Phi) is 8.68. The van der Waals surface area contributed by atoms with Gasteiger partial charge in [-0.1, -0.05) is 25.4 Å². The molecule has 1 fully saturated rings. The number of carbonyl (C=O) groups excluding carboxylic acids is 1. The Morgan fingerprint density at radius 3 is 2.51 bits per heavy atom. The summed E-state index contributed by atoms with van der Waals surface area (Å²) in [5.74, 6) is -2.69. The van der Waals surface area contributed by atoms with Crippen LogP contribution in [0.4, 0.5) is 14.5 Å². The molecule has 0 spiro atoms. The lowest BCUT2D eigenvalue weighted by Crippen LogP contribution is -2.55. The van der Waals surface area contributed by atoms with Crippen molar-refractivity contribution in [3.63, 3.8) is 0 Å². The molecule has 1 aliphatic heterocycles. The molecular weight excluding hydrogens is 486 g/mol. The van der Waals surface area contributed by atoms with Crippen molar-refractivity contribution in [1.29, 1.82) is 0 Å². The Balaban J connectivity index is 1.92. The second-order valence-corrected chi connectivity index (χ2v) is 9.28. The highest BCUT2D eigenvalue weighted by atomic mass is 35.5. The Morgan fingerprint density at radius 1 is 1.26 bits per heavy atom. The number of aromatic nitrogens is 2. The number of anilines is 1. The number of rotatable bonds is 10. The molecule has 2 aromatic rings. The zero-order valence-electron chi connectivity index (χ0n) is 19.5. The molecule has 0 bridgehead atoms. The van der Waals surface area contributed by atoms with Crippen molar-refractivity contribution in [2.75, 3.05) is 31.6 Å². The van der Waals surface area contributed by atoms with Crippen molar-refractivity contribution in [3.8, 4) is 5.75 Å². The lowest BCUT2D eigenvalue weighted by atomic mass is 9.85. The number of amides is 1. The Bertz CT molecular complexity index is 1040. The molecule has 3 N–H and O–H groups in total. The molecule has 1 saturated heterocycles. The molecule has 0 saturated carbocycles. The minimum Gasteiger partial charge on any atom is -0.481 e. The molecule has 0 radical (unpaired) electrons. The van der Waals surface area contributed by atoms with E-state index in [9.17, 15) is 28.6 Å². The first-order valence-electron chi connectivity index (χ1n) is 11.2. The van der Waals surface area contributed by atoms with Crippen LogP contribution in [-0.4, -0.2) is 69.6 Å². The average Bonchev–Trinajstić information content (AvgIpc) is 3.30. The van der Waals surface area contributed by atoms with E-state index < -0.39 is 36.6 Å². The zero-order valence-corrected chi connectivity index (χ0v) is 20.2. The maximum Gasteiger partial charge on any atom is 0.387 e. The van der Waals surface area contributed by atoms with Gasteiger partial charge in [-0.25, -0.2) is 0 Å². The number of piperidine rings is 1. The third-order valence-corrected chi connectivity index (χ3v) is 6.47. The summed E-state index contributed by atoms with van der Waals surface area (Å²) in [5.41, 5.74) is -0.280. The van der Waals surface area contributed by atoms with Crippen LogP contribution >= 0.6 is 11.6 Å². The molecule has 12 heteroatoms. The van der Waals surface area contributed by atoms with Gasteiger partial charge >= 0.3 is 12.6 Å². The van der Waals surface area contributed by atoms with E-state index >= 15 is 0 Å². The van der Waals surface area contributed by atoms with E-state index in [1.165, 1.54) is 18.2 Å². The van der Waals surface area contributed by atoms with Crippen LogP contribution < -0.4 is 10.1 Å². The van der Waals surface area contributed by atoms with Gasteiger partial charge in [-0.2, -0.15) is 13.9 Å². The van der Waals surface area contributed by atoms with Crippen molar-refractivity contribution in [1.82, 2.24) is 14.7 Å². The number of aliphatic hydroxyl groups excluding tert-OH is 1. The van der Waals surface area contributed by atoms with Crippen molar-refractivity contribution < 1.29 is 33.3 Å². The van der Waals surface area contributed by atoms with Crippen LogP contribution in [0.1, 0.15) is 38.3 Å². The summed E-state index contributed by atoms with van der Waals surface area (Å²) in [4.78, 5) is 27.0. The molecular formula is C23H29ClF2N4O5. The first kappa shape index (κ1) is 26.8. The second-order valence-electron chi connectivity index (χ2n) is 8.85. The topological polar surface area (TPSA) is 117 Å². The summed E-state index contributed by atoms with van der Waals surface area (Å²) in [5, 5.41) is 26.0. The molecule has 3 rings (SSSR count). The van der Waals surface area contributed by atoms with Crippen molar-refractivity contribution >= 4 is 29.2 Å². The molecule has 192 valence electrons. The van der Waals surface area contributed by atoms with Crippen LogP contribution in [0.15, 0.2) is 30.5 Å². The van der Waals surface area contributed by atoms with E-state index in [2.05, 4.69) is 15.2 Å². The monoisotopic (exact) mass is 514 g/mol. The molecule has 1 amide bonds. The predicted octanol–water partition coefficient (Wildman–Crippen LogP) is 3.38. The number of aliphatic carboxylic acids is 1. The molecule has 0 unspecified atom stereocenters. The van der Waals surface area contributed by atoms with E-state index in [-0.39, 0.29) is 41.8 Å². The number of carboxylic acids is 1. The van der Waals surface area contributed by atoms with E-state index in [1.54, 1.807) is 10.9 Å². The molecule has 1 aliphatic rings. The van der Waals surface area contributed by atoms with Crippen molar-refractivity contribution in [2.45, 2.75) is 44.8 Å². The summed E-state index contributed by atoms with van der Waals surface area (Å²) >= 11 is 5.92. The Labute approximate surface area is 206 Å². The first-order valence-corrected chi connectivity index (χ1v) is 11.6. The molecule has 35 heavy (non-hydrogen) atoms. The summed E-state index contributed by atoms with van der Waals surface area (Å²) in [6.07, 6.45) is 2.18. The number of nitrogens with one attached hydrogen (secondary N) is 1. The quantitative estimate of drug-likeness (QED) is 0.445. The van der Waals surface area contributed by atoms with Gasteiger partial charge in [0, 0.05) is 42.6 Å². The SMILES string of the molecule is CC(C)c1ccnn1C1(C(=O)Nc2ccc(Cl)cc2OC(F)F)CCN(C[C@H](CO)C(=O)O)CC1. The van der Waals surface area contributed by atoms with Gasteiger partial charge in [-0.05, 0) is 37.0 Å². The number of likely N-dealkylation sites (tertiary alicyclic amines) is 1. The molecule has 1 aromatic heterocycles. The highest BCUT2D eigenvalue weighted by Crippen LogP contribution is 2.37. The fourth-order valence-electron chi connectivity index (χ4n) is 4.31. The standard InChI is InChI=1S/C23H29ClF2N4O5/c1-14(2)18-5-8-27-30(18)23(6-9-29(10-7-23)12-15(13-31)20(32)33)21(34)28-17-4-3-16(24)11-19(17)35-22(25)26/h3-5,8,11,14-15,22,31H,6-7,9-10,12-13H2,1-2H3,(H,28,34)(H,32,33)/t15-/m1/s1. The summed E-state index contributed by atoms with van der Waals surface area (Å²) < 4.78 is 32.1. The summed E-state index contributed by atoms with van der Waals surface area (Å²) in [6, 6.07) is 5.88. The van der Waals surface area contributed by atoms with E-state index in [1.807, 2.05) is 24.8 Å². The zero-order chi connectivity index (χ0) is 25.8. The van der Waals surface area contributed by atoms with Crippen molar-refractivity contribution in [3.05, 3.63) is 41.2 Å². The lowest BCUT2D eigenvalue weighted by Gasteiger charge is -2.42. The fourth-order valence-corrected chi connectivity index (χ4v) is 4.47. The number of benzene rings is 1. The number of hydrogen-bond donors (Lipinski definition) is 3. The Hall–Kier alpha value is -2.76. The smallest absolute Gasteiger partial charge is 0.387 e. The number of carbonyl (C=O) groups is 2. The summed E-state index contributed by atoms with van der Waals surface area (Å²) in [6.45, 7) is 1.24. The van der Waals surface area contributed by atoms with Gasteiger partial charge in [0.15, 0.2) is 5.75 Å². The van der Waals surface area contributed by atoms with Crippen LogP contribution in [0.3, 0.4) is 0 Å². The summed E-state index contributed by atoms with van der Waals surface area (Å²) in [7, 11) is 0. The van der Waals surface area contributed by atoms with Crippen LogP contribution in [-0.2, 0) is 15.1 Å². The van der Waals surface area contributed by atoms with Gasteiger partial charge in [-0.3, -0.25) is 14.3 Å². The number of aliphatic hydroxyl groups is 1. The van der Waals surface area contributed by atoms with Crippen LogP contribution in [0.25, 0.3) is 0 Å². The number of halogens is 3. The Morgan fingerprint density at radius 2 is 1.94 bits per heavy atom. The number of hydrogen-bond acceptors (Lipinski definition) is 6. The highest BCUT2D eigenvalue weighted by molar-refractivity contribution is 6.30. The molecule has 9 nitrogen and oxygen atoms in total. The van der Waals surface area contributed by atoms with Gasteiger partial charge < -0.3 is 25.2 Å².